The highest BCUT2D eigenvalue weighted by Gasteiger charge is 2.26. The molecule has 5 heteroatoms. The number of phenolic OH excluding ortho intramolecular Hbond substituents is 1. The second-order valence-electron chi connectivity index (χ2n) is 5.52. The number of aromatic hydroxyl groups is 1. The molecule has 1 aliphatic carbocycles. The van der Waals surface area contributed by atoms with Gasteiger partial charge in [-0.15, -0.1) is 0 Å². The standard InChI is InChI=1S/C16H24N2O2S/c1-3-21-14-9-8-13(10-14)17-16(20)18(2)11-12-6-4-5-7-15(12)19/h4-7,13-14,19H,3,8-11H2,1-2H3,(H,17,20)/t13-,14-/m0/s1. The molecule has 1 aliphatic rings. The van der Waals surface area contributed by atoms with Gasteiger partial charge in [-0.3, -0.25) is 0 Å². The van der Waals surface area contributed by atoms with Crippen molar-refractivity contribution in [2.75, 3.05) is 12.8 Å². The van der Waals surface area contributed by atoms with Crippen molar-refractivity contribution in [2.45, 2.75) is 44.0 Å². The van der Waals surface area contributed by atoms with E-state index in [2.05, 4.69) is 12.2 Å². The number of para-hydroxylation sites is 1. The first-order valence-corrected chi connectivity index (χ1v) is 8.55. The molecule has 116 valence electrons. The van der Waals surface area contributed by atoms with Crippen molar-refractivity contribution in [3.63, 3.8) is 0 Å². The summed E-state index contributed by atoms with van der Waals surface area (Å²) < 4.78 is 0. The Balaban J connectivity index is 1.82. The predicted molar refractivity (Wildman–Crippen MR) is 87.7 cm³/mol. The molecule has 2 atom stereocenters. The van der Waals surface area contributed by atoms with Crippen LogP contribution in [0.3, 0.4) is 0 Å². The number of thioether (sulfide) groups is 1. The van der Waals surface area contributed by atoms with Crippen molar-refractivity contribution in [3.05, 3.63) is 29.8 Å². The van der Waals surface area contributed by atoms with Gasteiger partial charge in [-0.25, -0.2) is 4.79 Å². The third kappa shape index (κ3) is 4.56. The van der Waals surface area contributed by atoms with Gasteiger partial charge in [0.05, 0.1) is 6.54 Å². The second kappa shape index (κ2) is 7.59. The Morgan fingerprint density at radius 1 is 1.43 bits per heavy atom. The molecule has 0 saturated heterocycles. The number of carbonyl (C=O) groups is 1. The lowest BCUT2D eigenvalue weighted by Crippen LogP contribution is -2.41. The Hall–Kier alpha value is -1.36. The number of urea groups is 1. The molecule has 0 unspecified atom stereocenters. The summed E-state index contributed by atoms with van der Waals surface area (Å²) in [6, 6.07) is 7.35. The highest BCUT2D eigenvalue weighted by Crippen LogP contribution is 2.29. The van der Waals surface area contributed by atoms with Gasteiger partial charge in [0.25, 0.3) is 0 Å². The first kappa shape index (κ1) is 16.0. The molecule has 2 amide bonds. The van der Waals surface area contributed by atoms with Crippen LogP contribution < -0.4 is 5.32 Å². The second-order valence-corrected chi connectivity index (χ2v) is 7.10. The molecule has 2 rings (SSSR count). The van der Waals surface area contributed by atoms with Crippen LogP contribution in [-0.4, -0.2) is 40.1 Å². The average molecular weight is 308 g/mol. The number of phenols is 1. The van der Waals surface area contributed by atoms with Crippen LogP contribution in [0.15, 0.2) is 24.3 Å². The summed E-state index contributed by atoms with van der Waals surface area (Å²) in [5.41, 5.74) is 0.765. The summed E-state index contributed by atoms with van der Waals surface area (Å²) in [4.78, 5) is 13.8. The number of carbonyl (C=O) groups excluding carboxylic acids is 1. The first-order chi connectivity index (χ1) is 10.1. The van der Waals surface area contributed by atoms with E-state index >= 15 is 0 Å². The Morgan fingerprint density at radius 2 is 2.19 bits per heavy atom. The van der Waals surface area contributed by atoms with Crippen molar-refractivity contribution in [2.24, 2.45) is 0 Å². The van der Waals surface area contributed by atoms with Crippen LogP contribution in [0.5, 0.6) is 5.75 Å². The summed E-state index contributed by atoms with van der Waals surface area (Å²) in [6.45, 7) is 2.59. The van der Waals surface area contributed by atoms with Crippen molar-refractivity contribution in [1.29, 1.82) is 0 Å². The Morgan fingerprint density at radius 3 is 2.90 bits per heavy atom. The zero-order valence-electron chi connectivity index (χ0n) is 12.7. The van der Waals surface area contributed by atoms with Crippen molar-refractivity contribution in [1.82, 2.24) is 10.2 Å². The fourth-order valence-corrected chi connectivity index (χ4v) is 3.86. The molecule has 1 aromatic carbocycles. The molecule has 21 heavy (non-hydrogen) atoms. The molecule has 1 saturated carbocycles. The molecule has 1 aromatic rings. The molecule has 0 radical (unpaired) electrons. The van der Waals surface area contributed by atoms with Crippen LogP contribution in [0.2, 0.25) is 0 Å². The lowest BCUT2D eigenvalue weighted by atomic mass is 10.2. The maximum atomic E-state index is 12.2. The van der Waals surface area contributed by atoms with Crippen LogP contribution in [0.4, 0.5) is 4.79 Å². The van der Waals surface area contributed by atoms with E-state index in [4.69, 9.17) is 0 Å². The van der Waals surface area contributed by atoms with E-state index in [1.54, 1.807) is 24.1 Å². The topological polar surface area (TPSA) is 52.6 Å². The summed E-state index contributed by atoms with van der Waals surface area (Å²) in [6.07, 6.45) is 3.31. The van der Waals surface area contributed by atoms with Gasteiger partial charge in [-0.05, 0) is 31.1 Å². The van der Waals surface area contributed by atoms with Gasteiger partial charge in [0.2, 0.25) is 0 Å². The molecule has 2 N–H and O–H groups in total. The van der Waals surface area contributed by atoms with Crippen LogP contribution in [-0.2, 0) is 6.54 Å². The van der Waals surface area contributed by atoms with E-state index in [1.165, 1.54) is 6.42 Å². The SMILES string of the molecule is CCS[C@H]1CC[C@H](NC(=O)N(C)Cc2ccccc2O)C1. The number of nitrogens with zero attached hydrogens (tertiary/aromatic N) is 1. The summed E-state index contributed by atoms with van der Waals surface area (Å²) in [7, 11) is 1.76. The van der Waals surface area contributed by atoms with Crippen molar-refractivity contribution >= 4 is 17.8 Å². The maximum absolute atomic E-state index is 12.2. The van der Waals surface area contributed by atoms with Gasteiger partial charge in [0, 0.05) is 23.9 Å². The largest absolute Gasteiger partial charge is 0.508 e. The number of amides is 2. The van der Waals surface area contributed by atoms with Crippen LogP contribution in [0.1, 0.15) is 31.7 Å². The van der Waals surface area contributed by atoms with Gasteiger partial charge in [0.1, 0.15) is 5.75 Å². The average Bonchev–Trinajstić information content (AvgIpc) is 2.89. The summed E-state index contributed by atoms with van der Waals surface area (Å²) in [5, 5.41) is 13.5. The van der Waals surface area contributed by atoms with E-state index in [1.807, 2.05) is 23.9 Å². The van der Waals surface area contributed by atoms with Crippen molar-refractivity contribution in [3.8, 4) is 5.75 Å². The zero-order valence-corrected chi connectivity index (χ0v) is 13.5. The van der Waals surface area contributed by atoms with Crippen LogP contribution in [0.25, 0.3) is 0 Å². The van der Waals surface area contributed by atoms with Crippen LogP contribution >= 0.6 is 11.8 Å². The number of rotatable bonds is 5. The smallest absolute Gasteiger partial charge is 0.317 e. The van der Waals surface area contributed by atoms with Gasteiger partial charge in [0.15, 0.2) is 0 Å². The quantitative estimate of drug-likeness (QED) is 0.878. The van der Waals surface area contributed by atoms with Crippen LogP contribution in [0, 0.1) is 0 Å². The molecule has 0 spiro atoms. The normalized spacial score (nSPS) is 21.2. The highest BCUT2D eigenvalue weighted by molar-refractivity contribution is 7.99. The van der Waals surface area contributed by atoms with Gasteiger partial charge in [-0.2, -0.15) is 11.8 Å². The molecular weight excluding hydrogens is 284 g/mol. The fourth-order valence-electron chi connectivity index (χ4n) is 2.71. The molecule has 4 nitrogen and oxygen atoms in total. The zero-order chi connectivity index (χ0) is 15.2. The molecule has 1 fully saturated rings. The molecule has 0 aromatic heterocycles. The molecule has 0 heterocycles. The lowest BCUT2D eigenvalue weighted by Gasteiger charge is -2.21. The minimum absolute atomic E-state index is 0.0644. The molecular formula is C16H24N2O2S. The van der Waals surface area contributed by atoms with Gasteiger partial charge < -0.3 is 15.3 Å². The Bertz CT molecular complexity index is 481. The summed E-state index contributed by atoms with van der Waals surface area (Å²) >= 11 is 1.98. The maximum Gasteiger partial charge on any atom is 0.317 e. The Kier molecular flexibility index (Phi) is 5.79. The Labute approximate surface area is 130 Å². The van der Waals surface area contributed by atoms with Gasteiger partial charge >= 0.3 is 6.03 Å². The van der Waals surface area contributed by atoms with E-state index in [-0.39, 0.29) is 17.8 Å². The molecule has 0 aliphatic heterocycles. The fraction of sp³-hybridized carbons (Fsp3) is 0.562. The number of hydrogen-bond donors (Lipinski definition) is 2. The first-order valence-electron chi connectivity index (χ1n) is 7.50. The van der Waals surface area contributed by atoms with E-state index in [0.717, 1.165) is 24.2 Å². The van der Waals surface area contributed by atoms with E-state index < -0.39 is 0 Å². The number of benzene rings is 1. The highest BCUT2D eigenvalue weighted by atomic mass is 32.2. The van der Waals surface area contributed by atoms with Gasteiger partial charge in [-0.1, -0.05) is 25.1 Å². The van der Waals surface area contributed by atoms with Crippen molar-refractivity contribution < 1.29 is 9.90 Å². The lowest BCUT2D eigenvalue weighted by molar-refractivity contribution is 0.202. The number of hydrogen-bond acceptors (Lipinski definition) is 3. The molecule has 0 bridgehead atoms. The van der Waals surface area contributed by atoms with E-state index in [9.17, 15) is 9.90 Å². The minimum atomic E-state index is -0.0644. The van der Waals surface area contributed by atoms with E-state index in [0.29, 0.717) is 11.8 Å². The minimum Gasteiger partial charge on any atom is -0.508 e. The third-order valence-electron chi connectivity index (χ3n) is 3.86. The summed E-state index contributed by atoms with van der Waals surface area (Å²) in [5.74, 6) is 1.37. The monoisotopic (exact) mass is 308 g/mol. The predicted octanol–water partition coefficient (Wildman–Crippen LogP) is 3.21. The third-order valence-corrected chi connectivity index (χ3v) is 5.09. The number of nitrogens with one attached hydrogen (secondary N) is 1.